The summed E-state index contributed by atoms with van der Waals surface area (Å²) >= 11 is 1.42. The summed E-state index contributed by atoms with van der Waals surface area (Å²) < 4.78 is 6.28. The van der Waals surface area contributed by atoms with Gasteiger partial charge in [0.2, 0.25) is 5.13 Å². The average molecular weight is 274 g/mol. The Hall–Kier alpha value is -2.02. The van der Waals surface area contributed by atoms with Gasteiger partial charge in [-0.2, -0.15) is 4.37 Å². The number of hydrogen-bond donors (Lipinski definition) is 0. The lowest BCUT2D eigenvalue weighted by atomic mass is 10.4. The van der Waals surface area contributed by atoms with E-state index in [0.29, 0.717) is 6.54 Å². The molecule has 0 amide bonds. The molecule has 0 aromatic carbocycles. The second-order valence-corrected chi connectivity index (χ2v) is 4.98. The van der Waals surface area contributed by atoms with Crippen LogP contribution in [0.25, 0.3) is 5.65 Å². The fourth-order valence-electron chi connectivity index (χ4n) is 1.82. The molecule has 0 spiro atoms. The van der Waals surface area contributed by atoms with Gasteiger partial charge in [0.15, 0.2) is 11.5 Å². The maximum atomic E-state index is 4.47. The average Bonchev–Trinajstić information content (AvgIpc) is 3.06. The Bertz CT molecular complexity index is 688. The van der Waals surface area contributed by atoms with Gasteiger partial charge >= 0.3 is 0 Å². The van der Waals surface area contributed by atoms with Crippen molar-refractivity contribution in [3.05, 3.63) is 36.0 Å². The van der Waals surface area contributed by atoms with Crippen molar-refractivity contribution in [3.8, 4) is 0 Å². The topological polar surface area (TPSA) is 59.2 Å². The molecular formula is C12H14N6S. The van der Waals surface area contributed by atoms with E-state index in [2.05, 4.69) is 26.5 Å². The van der Waals surface area contributed by atoms with E-state index in [1.165, 1.54) is 11.5 Å². The number of anilines is 1. The van der Waals surface area contributed by atoms with Crippen molar-refractivity contribution in [2.75, 3.05) is 11.9 Å². The smallest absolute Gasteiger partial charge is 0.205 e. The van der Waals surface area contributed by atoms with E-state index in [-0.39, 0.29) is 0 Å². The third kappa shape index (κ3) is 2.28. The van der Waals surface area contributed by atoms with Crippen LogP contribution in [-0.2, 0) is 13.0 Å². The van der Waals surface area contributed by atoms with E-state index in [1.54, 1.807) is 0 Å². The lowest BCUT2D eigenvalue weighted by molar-refractivity contribution is 0.814. The Morgan fingerprint density at radius 3 is 3.00 bits per heavy atom. The summed E-state index contributed by atoms with van der Waals surface area (Å²) in [6.07, 6.45) is 2.83. The fourth-order valence-corrected chi connectivity index (χ4v) is 2.53. The maximum absolute atomic E-state index is 4.47. The Kier molecular flexibility index (Phi) is 3.12. The number of fused-ring (bicyclic) bond motifs is 1. The second-order valence-electron chi connectivity index (χ2n) is 4.25. The Balaban J connectivity index is 1.84. The van der Waals surface area contributed by atoms with E-state index in [0.717, 1.165) is 28.8 Å². The lowest BCUT2D eigenvalue weighted by Gasteiger charge is -2.13. The summed E-state index contributed by atoms with van der Waals surface area (Å²) in [5.74, 6) is 1.78. The van der Waals surface area contributed by atoms with E-state index < -0.39 is 0 Å². The first-order chi connectivity index (χ1) is 9.28. The third-order valence-corrected chi connectivity index (χ3v) is 3.73. The van der Waals surface area contributed by atoms with Crippen LogP contribution in [0.2, 0.25) is 0 Å². The van der Waals surface area contributed by atoms with Gasteiger partial charge in [0.25, 0.3) is 0 Å². The maximum Gasteiger partial charge on any atom is 0.205 e. The third-order valence-electron chi connectivity index (χ3n) is 2.86. The SMILES string of the molecule is CCc1nsc(N(C)Cc2nnc3ccccn23)n1. The van der Waals surface area contributed by atoms with Crippen molar-refractivity contribution in [1.82, 2.24) is 24.0 Å². The van der Waals surface area contributed by atoms with Crippen LogP contribution in [0.1, 0.15) is 18.6 Å². The zero-order chi connectivity index (χ0) is 13.2. The Labute approximate surface area is 114 Å². The molecule has 3 aromatic heterocycles. The summed E-state index contributed by atoms with van der Waals surface area (Å²) in [5.41, 5.74) is 0.859. The van der Waals surface area contributed by atoms with Crippen LogP contribution in [0.4, 0.5) is 5.13 Å². The molecule has 3 heterocycles. The predicted molar refractivity (Wildman–Crippen MR) is 74.4 cm³/mol. The van der Waals surface area contributed by atoms with Crippen LogP contribution in [0.15, 0.2) is 24.4 Å². The molecule has 0 aliphatic carbocycles. The Morgan fingerprint density at radius 2 is 2.21 bits per heavy atom. The van der Waals surface area contributed by atoms with Gasteiger partial charge in [-0.25, -0.2) is 4.98 Å². The molecule has 0 aliphatic rings. The molecule has 0 fully saturated rings. The summed E-state index contributed by atoms with van der Waals surface area (Å²) in [6, 6.07) is 5.87. The molecule has 0 aliphatic heterocycles. The monoisotopic (exact) mass is 274 g/mol. The number of aromatic nitrogens is 5. The van der Waals surface area contributed by atoms with E-state index in [1.807, 2.05) is 40.7 Å². The number of nitrogens with zero attached hydrogens (tertiary/aromatic N) is 6. The van der Waals surface area contributed by atoms with Crippen molar-refractivity contribution in [2.45, 2.75) is 19.9 Å². The van der Waals surface area contributed by atoms with Crippen LogP contribution < -0.4 is 4.90 Å². The molecule has 98 valence electrons. The number of aryl methyl sites for hydroxylation is 1. The molecule has 0 bridgehead atoms. The van der Waals surface area contributed by atoms with Gasteiger partial charge in [-0.05, 0) is 12.1 Å². The fraction of sp³-hybridized carbons (Fsp3) is 0.333. The first-order valence-corrected chi connectivity index (χ1v) is 6.87. The minimum absolute atomic E-state index is 0.656. The molecule has 0 radical (unpaired) electrons. The highest BCUT2D eigenvalue weighted by atomic mass is 32.1. The molecule has 0 atom stereocenters. The minimum Gasteiger partial charge on any atom is -0.342 e. The molecule has 0 N–H and O–H groups in total. The van der Waals surface area contributed by atoms with Crippen molar-refractivity contribution < 1.29 is 0 Å². The molecule has 0 saturated heterocycles. The zero-order valence-corrected chi connectivity index (χ0v) is 11.6. The van der Waals surface area contributed by atoms with Gasteiger partial charge in [-0.15, -0.1) is 10.2 Å². The first kappa shape index (κ1) is 12.0. The summed E-state index contributed by atoms with van der Waals surface area (Å²) in [7, 11) is 1.99. The van der Waals surface area contributed by atoms with E-state index in [9.17, 15) is 0 Å². The van der Waals surface area contributed by atoms with Crippen LogP contribution in [0.3, 0.4) is 0 Å². The van der Waals surface area contributed by atoms with Gasteiger partial charge in [-0.1, -0.05) is 13.0 Å². The summed E-state index contributed by atoms with van der Waals surface area (Å²) in [6.45, 7) is 2.71. The number of hydrogen-bond acceptors (Lipinski definition) is 6. The van der Waals surface area contributed by atoms with E-state index in [4.69, 9.17) is 0 Å². The van der Waals surface area contributed by atoms with Gasteiger partial charge in [-0.3, -0.25) is 4.40 Å². The normalized spacial score (nSPS) is 11.1. The highest BCUT2D eigenvalue weighted by Crippen LogP contribution is 2.18. The summed E-state index contributed by atoms with van der Waals surface area (Å²) in [5, 5.41) is 9.26. The molecule has 7 heteroatoms. The van der Waals surface area contributed by atoms with Gasteiger partial charge in [0, 0.05) is 31.2 Å². The number of rotatable bonds is 4. The molecule has 3 rings (SSSR count). The van der Waals surface area contributed by atoms with Gasteiger partial charge in [0.1, 0.15) is 5.82 Å². The van der Waals surface area contributed by atoms with Crippen LogP contribution >= 0.6 is 11.5 Å². The van der Waals surface area contributed by atoms with Crippen molar-refractivity contribution in [2.24, 2.45) is 0 Å². The van der Waals surface area contributed by atoms with Crippen molar-refractivity contribution in [1.29, 1.82) is 0 Å². The van der Waals surface area contributed by atoms with Crippen LogP contribution in [-0.4, -0.2) is 31.0 Å². The first-order valence-electron chi connectivity index (χ1n) is 6.10. The van der Waals surface area contributed by atoms with Crippen molar-refractivity contribution >= 4 is 22.3 Å². The zero-order valence-electron chi connectivity index (χ0n) is 10.8. The number of pyridine rings is 1. The second kappa shape index (κ2) is 4.93. The predicted octanol–water partition coefficient (Wildman–Crippen LogP) is 1.78. The standard InChI is InChI=1S/C12H14N6S/c1-3-9-13-12(19-16-9)17(2)8-11-15-14-10-6-4-5-7-18(10)11/h4-7H,3,8H2,1-2H3. The highest BCUT2D eigenvalue weighted by molar-refractivity contribution is 7.09. The lowest BCUT2D eigenvalue weighted by Crippen LogP contribution is -2.18. The molecule has 0 saturated carbocycles. The molecular weight excluding hydrogens is 260 g/mol. The molecule has 0 unspecified atom stereocenters. The Morgan fingerprint density at radius 1 is 1.32 bits per heavy atom. The molecule has 3 aromatic rings. The molecule has 19 heavy (non-hydrogen) atoms. The van der Waals surface area contributed by atoms with Crippen LogP contribution in [0.5, 0.6) is 0 Å². The minimum atomic E-state index is 0.656. The molecule has 6 nitrogen and oxygen atoms in total. The highest BCUT2D eigenvalue weighted by Gasteiger charge is 2.12. The van der Waals surface area contributed by atoms with Gasteiger partial charge in [0.05, 0.1) is 6.54 Å². The largest absolute Gasteiger partial charge is 0.342 e. The van der Waals surface area contributed by atoms with E-state index >= 15 is 0 Å². The summed E-state index contributed by atoms with van der Waals surface area (Å²) in [4.78, 5) is 6.51. The van der Waals surface area contributed by atoms with Crippen molar-refractivity contribution in [3.63, 3.8) is 0 Å². The van der Waals surface area contributed by atoms with Crippen LogP contribution in [0, 0.1) is 0 Å². The van der Waals surface area contributed by atoms with Gasteiger partial charge < -0.3 is 4.90 Å². The quantitative estimate of drug-likeness (QED) is 0.726.